The minimum Gasteiger partial charge on any atom is -0.478 e. The van der Waals surface area contributed by atoms with Crippen LogP contribution in [0.2, 0.25) is 10.0 Å². The lowest BCUT2D eigenvalue weighted by Gasteiger charge is -2.16. The molecule has 0 aliphatic rings. The summed E-state index contributed by atoms with van der Waals surface area (Å²) in [5.74, 6) is -1.07. The minimum absolute atomic E-state index is 0.0675. The second kappa shape index (κ2) is 5.64. The molecule has 98 valence electrons. The monoisotopic (exact) mass is 294 g/mol. The Labute approximate surface area is 121 Å². The molecule has 0 saturated heterocycles. The first kappa shape index (κ1) is 13.9. The van der Waals surface area contributed by atoms with Crippen molar-refractivity contribution in [2.75, 3.05) is 0 Å². The average Bonchev–Trinajstić information content (AvgIpc) is 2.41. The lowest BCUT2D eigenvalue weighted by atomic mass is 9.89. The highest BCUT2D eigenvalue weighted by Gasteiger charge is 2.19. The number of carboxylic acids is 1. The van der Waals surface area contributed by atoms with Gasteiger partial charge in [-0.3, -0.25) is 0 Å². The standard InChI is InChI=1S/C15H12Cl2O2/c1-9(10-5-3-2-4-6-10)11-7-13(16)14(17)8-12(11)15(18)19/h2-9H,1H3,(H,18,19)/t9-/m1/s1. The van der Waals surface area contributed by atoms with Gasteiger partial charge in [0.05, 0.1) is 15.6 Å². The van der Waals surface area contributed by atoms with Gasteiger partial charge in [-0.25, -0.2) is 4.79 Å². The molecule has 0 aromatic heterocycles. The molecule has 4 heteroatoms. The molecule has 0 aliphatic heterocycles. The highest BCUT2D eigenvalue weighted by atomic mass is 35.5. The molecular formula is C15H12Cl2O2. The summed E-state index contributed by atoms with van der Waals surface area (Å²) in [5, 5.41) is 9.89. The first-order valence-electron chi connectivity index (χ1n) is 5.78. The van der Waals surface area contributed by atoms with Crippen molar-refractivity contribution in [3.8, 4) is 0 Å². The molecule has 0 amide bonds. The van der Waals surface area contributed by atoms with E-state index < -0.39 is 5.97 Å². The molecule has 0 heterocycles. The van der Waals surface area contributed by atoms with E-state index in [1.807, 2.05) is 37.3 Å². The highest BCUT2D eigenvalue weighted by molar-refractivity contribution is 6.42. The van der Waals surface area contributed by atoms with Crippen LogP contribution in [0.15, 0.2) is 42.5 Å². The Morgan fingerprint density at radius 1 is 1.11 bits per heavy atom. The van der Waals surface area contributed by atoms with Crippen LogP contribution in [-0.2, 0) is 0 Å². The van der Waals surface area contributed by atoms with Crippen molar-refractivity contribution in [2.45, 2.75) is 12.8 Å². The van der Waals surface area contributed by atoms with Gasteiger partial charge in [-0.1, -0.05) is 60.5 Å². The fourth-order valence-corrected chi connectivity index (χ4v) is 2.36. The summed E-state index contributed by atoms with van der Waals surface area (Å²) >= 11 is 11.9. The molecule has 0 saturated carbocycles. The fraction of sp³-hybridized carbons (Fsp3) is 0.133. The Morgan fingerprint density at radius 2 is 1.68 bits per heavy atom. The predicted molar refractivity (Wildman–Crippen MR) is 77.4 cm³/mol. The molecule has 0 fully saturated rings. The third kappa shape index (κ3) is 2.91. The van der Waals surface area contributed by atoms with Gasteiger partial charge in [0.15, 0.2) is 0 Å². The van der Waals surface area contributed by atoms with E-state index in [0.717, 1.165) is 5.56 Å². The van der Waals surface area contributed by atoms with Crippen LogP contribution < -0.4 is 0 Å². The van der Waals surface area contributed by atoms with E-state index in [-0.39, 0.29) is 16.5 Å². The van der Waals surface area contributed by atoms with Crippen LogP contribution in [-0.4, -0.2) is 11.1 Å². The SMILES string of the molecule is C[C@H](c1ccccc1)c1cc(Cl)c(Cl)cc1C(=O)O. The maximum atomic E-state index is 11.3. The molecule has 2 nitrogen and oxygen atoms in total. The third-order valence-electron chi connectivity index (χ3n) is 3.09. The molecule has 0 unspecified atom stereocenters. The fourth-order valence-electron chi connectivity index (χ4n) is 2.03. The lowest BCUT2D eigenvalue weighted by molar-refractivity contribution is 0.0695. The maximum absolute atomic E-state index is 11.3. The second-order valence-corrected chi connectivity index (χ2v) is 5.11. The van der Waals surface area contributed by atoms with Crippen LogP contribution in [0.1, 0.15) is 34.3 Å². The van der Waals surface area contributed by atoms with Gasteiger partial charge in [0.2, 0.25) is 0 Å². The van der Waals surface area contributed by atoms with E-state index in [4.69, 9.17) is 23.2 Å². The Hall–Kier alpha value is -1.51. The summed E-state index contributed by atoms with van der Waals surface area (Å²) in [4.78, 5) is 11.3. The second-order valence-electron chi connectivity index (χ2n) is 4.29. The number of hydrogen-bond acceptors (Lipinski definition) is 1. The summed E-state index contributed by atoms with van der Waals surface area (Å²) in [7, 11) is 0. The maximum Gasteiger partial charge on any atom is 0.336 e. The number of hydrogen-bond donors (Lipinski definition) is 1. The lowest BCUT2D eigenvalue weighted by Crippen LogP contribution is -2.06. The zero-order valence-corrected chi connectivity index (χ0v) is 11.7. The molecule has 0 radical (unpaired) electrons. The molecular weight excluding hydrogens is 283 g/mol. The Bertz CT molecular complexity index is 609. The van der Waals surface area contributed by atoms with E-state index in [9.17, 15) is 9.90 Å². The van der Waals surface area contributed by atoms with Gasteiger partial charge in [0, 0.05) is 5.92 Å². The topological polar surface area (TPSA) is 37.3 Å². The summed E-state index contributed by atoms with van der Waals surface area (Å²) in [6, 6.07) is 12.7. The minimum atomic E-state index is -1.00. The van der Waals surface area contributed by atoms with Crippen molar-refractivity contribution in [1.29, 1.82) is 0 Å². The molecule has 0 bridgehead atoms. The van der Waals surface area contributed by atoms with Gasteiger partial charge in [-0.15, -0.1) is 0 Å². The first-order chi connectivity index (χ1) is 9.00. The van der Waals surface area contributed by atoms with Gasteiger partial charge in [-0.2, -0.15) is 0 Å². The number of carboxylic acid groups (broad SMARTS) is 1. The molecule has 19 heavy (non-hydrogen) atoms. The molecule has 1 atom stereocenters. The van der Waals surface area contributed by atoms with Gasteiger partial charge in [0.25, 0.3) is 0 Å². The number of benzene rings is 2. The van der Waals surface area contributed by atoms with Crippen molar-refractivity contribution < 1.29 is 9.90 Å². The van der Waals surface area contributed by atoms with E-state index in [2.05, 4.69) is 0 Å². The summed E-state index contributed by atoms with van der Waals surface area (Å²) in [5.41, 5.74) is 1.88. The van der Waals surface area contributed by atoms with E-state index >= 15 is 0 Å². The van der Waals surface area contributed by atoms with Gasteiger partial charge < -0.3 is 5.11 Å². The zero-order chi connectivity index (χ0) is 14.0. The molecule has 0 aliphatic carbocycles. The van der Waals surface area contributed by atoms with E-state index in [1.54, 1.807) is 6.07 Å². The van der Waals surface area contributed by atoms with Crippen molar-refractivity contribution in [2.24, 2.45) is 0 Å². The normalized spacial score (nSPS) is 12.2. The molecule has 2 rings (SSSR count). The number of aromatic carboxylic acids is 1. The smallest absolute Gasteiger partial charge is 0.336 e. The highest BCUT2D eigenvalue weighted by Crippen LogP contribution is 2.33. The van der Waals surface area contributed by atoms with Crippen molar-refractivity contribution in [3.05, 3.63) is 69.2 Å². The van der Waals surface area contributed by atoms with E-state index in [1.165, 1.54) is 6.07 Å². The largest absolute Gasteiger partial charge is 0.478 e. The van der Waals surface area contributed by atoms with Gasteiger partial charge in [0.1, 0.15) is 0 Å². The van der Waals surface area contributed by atoms with Crippen LogP contribution in [0.5, 0.6) is 0 Å². The molecule has 0 spiro atoms. The first-order valence-corrected chi connectivity index (χ1v) is 6.53. The quantitative estimate of drug-likeness (QED) is 0.879. The van der Waals surface area contributed by atoms with Gasteiger partial charge in [-0.05, 0) is 23.3 Å². The summed E-state index contributed by atoms with van der Waals surface area (Å²) in [6.45, 7) is 1.95. The van der Waals surface area contributed by atoms with Crippen molar-refractivity contribution in [1.82, 2.24) is 0 Å². The van der Waals surface area contributed by atoms with Crippen LogP contribution in [0.3, 0.4) is 0 Å². The summed E-state index contributed by atoms with van der Waals surface area (Å²) < 4.78 is 0. The van der Waals surface area contributed by atoms with Gasteiger partial charge >= 0.3 is 5.97 Å². The van der Waals surface area contributed by atoms with Crippen LogP contribution in [0.4, 0.5) is 0 Å². The van der Waals surface area contributed by atoms with Crippen molar-refractivity contribution >= 4 is 29.2 Å². The van der Waals surface area contributed by atoms with Crippen LogP contribution in [0, 0.1) is 0 Å². The third-order valence-corrected chi connectivity index (χ3v) is 3.81. The molecule has 2 aromatic rings. The van der Waals surface area contributed by atoms with Crippen molar-refractivity contribution in [3.63, 3.8) is 0 Å². The molecule has 1 N–H and O–H groups in total. The van der Waals surface area contributed by atoms with Crippen LogP contribution >= 0.6 is 23.2 Å². The Morgan fingerprint density at radius 3 is 2.26 bits per heavy atom. The van der Waals surface area contributed by atoms with E-state index in [0.29, 0.717) is 10.6 Å². The number of rotatable bonds is 3. The predicted octanol–water partition coefficient (Wildman–Crippen LogP) is 4.84. The molecule has 2 aromatic carbocycles. The number of halogens is 2. The Kier molecular flexibility index (Phi) is 4.13. The van der Waals surface area contributed by atoms with Crippen LogP contribution in [0.25, 0.3) is 0 Å². The zero-order valence-electron chi connectivity index (χ0n) is 10.2. The Balaban J connectivity index is 2.55. The average molecular weight is 295 g/mol. The number of carbonyl (C=O) groups is 1. The summed E-state index contributed by atoms with van der Waals surface area (Å²) in [6.07, 6.45) is 0.